The average Bonchev–Trinajstić information content (AvgIpc) is 2.84. The van der Waals surface area contributed by atoms with E-state index in [2.05, 4.69) is 9.97 Å². The van der Waals surface area contributed by atoms with Crippen LogP contribution in [0.25, 0.3) is 16.9 Å². The largest absolute Gasteiger partial charge is 0.476 e. The Morgan fingerprint density at radius 1 is 1.30 bits per heavy atom. The molecule has 3 rings (SSSR count). The van der Waals surface area contributed by atoms with Crippen LogP contribution in [0.15, 0.2) is 36.8 Å². The van der Waals surface area contributed by atoms with E-state index in [9.17, 15) is 13.6 Å². The Morgan fingerprint density at radius 2 is 2.10 bits per heavy atom. The highest BCUT2D eigenvalue weighted by Crippen LogP contribution is 2.24. The molecule has 0 bridgehead atoms. The monoisotopic (exact) mass is 275 g/mol. The molecule has 0 fully saturated rings. The number of hydrogen-bond donors (Lipinski definition) is 1. The van der Waals surface area contributed by atoms with E-state index in [0.717, 1.165) is 6.07 Å². The molecule has 0 amide bonds. The third kappa shape index (κ3) is 1.80. The summed E-state index contributed by atoms with van der Waals surface area (Å²) in [6.45, 7) is 0. The molecule has 1 N–H and O–H groups in total. The van der Waals surface area contributed by atoms with Gasteiger partial charge in [0.1, 0.15) is 0 Å². The molecule has 0 aliphatic heterocycles. The van der Waals surface area contributed by atoms with Crippen molar-refractivity contribution in [3.05, 3.63) is 54.1 Å². The first-order chi connectivity index (χ1) is 9.58. The van der Waals surface area contributed by atoms with E-state index in [1.165, 1.54) is 35.1 Å². The molecule has 0 atom stereocenters. The number of aromatic carboxylic acids is 1. The summed E-state index contributed by atoms with van der Waals surface area (Å²) in [7, 11) is 0. The molecule has 0 saturated carbocycles. The molecule has 20 heavy (non-hydrogen) atoms. The van der Waals surface area contributed by atoms with Crippen LogP contribution in [0.4, 0.5) is 8.78 Å². The molecule has 0 aliphatic rings. The molecule has 0 spiro atoms. The van der Waals surface area contributed by atoms with Gasteiger partial charge in [-0.3, -0.25) is 0 Å². The van der Waals surface area contributed by atoms with E-state index in [0.29, 0.717) is 0 Å². The summed E-state index contributed by atoms with van der Waals surface area (Å²) in [5.41, 5.74) is -0.0863. The van der Waals surface area contributed by atoms with Gasteiger partial charge in [-0.25, -0.2) is 23.5 Å². The first kappa shape index (κ1) is 12.2. The molecule has 100 valence electrons. The van der Waals surface area contributed by atoms with Crippen molar-refractivity contribution in [3.8, 4) is 11.3 Å². The molecule has 5 nitrogen and oxygen atoms in total. The maximum absolute atomic E-state index is 13.7. The van der Waals surface area contributed by atoms with E-state index in [-0.39, 0.29) is 22.6 Å². The number of nitrogens with zero attached hydrogens (tertiary/aromatic N) is 3. The predicted octanol–water partition coefficient (Wildman–Crippen LogP) is 2.37. The number of carboxylic acid groups (broad SMARTS) is 1. The minimum absolute atomic E-state index is 0.0370. The van der Waals surface area contributed by atoms with Crippen molar-refractivity contribution in [2.75, 3.05) is 0 Å². The zero-order valence-corrected chi connectivity index (χ0v) is 9.92. The van der Waals surface area contributed by atoms with Crippen LogP contribution in [-0.4, -0.2) is 25.4 Å². The van der Waals surface area contributed by atoms with Crippen LogP contribution in [0.5, 0.6) is 0 Å². The third-order valence-corrected chi connectivity index (χ3v) is 2.81. The summed E-state index contributed by atoms with van der Waals surface area (Å²) >= 11 is 0. The Labute approximate surface area is 111 Å². The zero-order chi connectivity index (χ0) is 14.3. The average molecular weight is 275 g/mol. The fraction of sp³-hybridized carbons (Fsp3) is 0. The summed E-state index contributed by atoms with van der Waals surface area (Å²) in [6.07, 6.45) is 4.20. The van der Waals surface area contributed by atoms with Gasteiger partial charge in [0.15, 0.2) is 23.0 Å². The quantitative estimate of drug-likeness (QED) is 0.779. The predicted molar refractivity (Wildman–Crippen MR) is 65.3 cm³/mol. The highest BCUT2D eigenvalue weighted by molar-refractivity contribution is 5.92. The van der Waals surface area contributed by atoms with Crippen LogP contribution in [0.3, 0.4) is 0 Å². The lowest BCUT2D eigenvalue weighted by Crippen LogP contribution is -2.03. The Morgan fingerprint density at radius 3 is 2.85 bits per heavy atom. The maximum Gasteiger partial charge on any atom is 0.358 e. The van der Waals surface area contributed by atoms with Crippen molar-refractivity contribution in [2.24, 2.45) is 0 Å². The van der Waals surface area contributed by atoms with Crippen molar-refractivity contribution in [3.63, 3.8) is 0 Å². The van der Waals surface area contributed by atoms with Crippen molar-refractivity contribution >= 4 is 11.6 Å². The highest BCUT2D eigenvalue weighted by Gasteiger charge is 2.17. The van der Waals surface area contributed by atoms with Gasteiger partial charge >= 0.3 is 5.97 Å². The molecule has 0 aliphatic carbocycles. The van der Waals surface area contributed by atoms with Crippen LogP contribution in [-0.2, 0) is 0 Å². The van der Waals surface area contributed by atoms with Crippen molar-refractivity contribution < 1.29 is 18.7 Å². The second kappa shape index (κ2) is 4.37. The summed E-state index contributed by atoms with van der Waals surface area (Å²) in [4.78, 5) is 18.8. The van der Waals surface area contributed by atoms with Gasteiger partial charge in [0.05, 0.1) is 5.69 Å². The second-order valence-corrected chi connectivity index (χ2v) is 4.04. The topological polar surface area (TPSA) is 67.5 Å². The van der Waals surface area contributed by atoms with E-state index in [1.807, 2.05) is 0 Å². The molecule has 2 aromatic heterocycles. The minimum atomic E-state index is -1.24. The zero-order valence-electron chi connectivity index (χ0n) is 9.92. The number of aromatic nitrogens is 3. The Balaban J connectivity index is 2.26. The molecule has 2 heterocycles. The lowest BCUT2D eigenvalue weighted by Gasteiger charge is -1.98. The Bertz CT molecular complexity index is 830. The van der Waals surface area contributed by atoms with Gasteiger partial charge in [0.2, 0.25) is 0 Å². The normalized spacial score (nSPS) is 10.9. The molecule has 0 radical (unpaired) electrons. The minimum Gasteiger partial charge on any atom is -0.476 e. The number of benzene rings is 1. The Hall–Kier alpha value is -2.83. The standard InChI is InChI=1S/C13H7F2N3O2/c14-8-3-1-2-7(10(8)15)9-6-18-5-4-16-11(13(19)20)12(18)17-9/h1-6H,(H,19,20). The van der Waals surface area contributed by atoms with Crippen LogP contribution in [0, 0.1) is 11.6 Å². The molecule has 0 unspecified atom stereocenters. The first-order valence-corrected chi connectivity index (χ1v) is 5.59. The van der Waals surface area contributed by atoms with Gasteiger partial charge in [0, 0.05) is 24.2 Å². The number of halogens is 2. The lowest BCUT2D eigenvalue weighted by molar-refractivity contribution is 0.0692. The number of carboxylic acids is 1. The number of rotatable bonds is 2. The molecular weight excluding hydrogens is 268 g/mol. The van der Waals surface area contributed by atoms with Crippen molar-refractivity contribution in [1.82, 2.24) is 14.4 Å². The molecule has 1 aromatic carbocycles. The number of fused-ring (bicyclic) bond motifs is 1. The second-order valence-electron chi connectivity index (χ2n) is 4.04. The van der Waals surface area contributed by atoms with Crippen molar-refractivity contribution in [1.29, 1.82) is 0 Å². The van der Waals surface area contributed by atoms with Crippen LogP contribution >= 0.6 is 0 Å². The number of imidazole rings is 1. The van der Waals surface area contributed by atoms with Crippen LogP contribution in [0.1, 0.15) is 10.5 Å². The molecule has 0 saturated heterocycles. The van der Waals surface area contributed by atoms with Gasteiger partial charge in [-0.05, 0) is 12.1 Å². The molecule has 3 aromatic rings. The third-order valence-electron chi connectivity index (χ3n) is 2.81. The van der Waals surface area contributed by atoms with E-state index in [4.69, 9.17) is 5.11 Å². The van der Waals surface area contributed by atoms with Crippen molar-refractivity contribution in [2.45, 2.75) is 0 Å². The summed E-state index contributed by atoms with van der Waals surface area (Å²) in [6, 6.07) is 3.72. The first-order valence-electron chi connectivity index (χ1n) is 5.59. The fourth-order valence-electron chi connectivity index (χ4n) is 1.90. The molecule has 7 heteroatoms. The lowest BCUT2D eigenvalue weighted by atomic mass is 10.1. The van der Waals surface area contributed by atoms with Gasteiger partial charge < -0.3 is 9.51 Å². The fourth-order valence-corrected chi connectivity index (χ4v) is 1.90. The van der Waals surface area contributed by atoms with E-state index >= 15 is 0 Å². The summed E-state index contributed by atoms with van der Waals surface area (Å²) < 4.78 is 28.3. The summed E-state index contributed by atoms with van der Waals surface area (Å²) in [5, 5.41) is 9.01. The van der Waals surface area contributed by atoms with Gasteiger partial charge in [-0.15, -0.1) is 0 Å². The van der Waals surface area contributed by atoms with Gasteiger partial charge in [-0.1, -0.05) is 6.07 Å². The van der Waals surface area contributed by atoms with Gasteiger partial charge in [0.25, 0.3) is 0 Å². The van der Waals surface area contributed by atoms with Crippen LogP contribution in [0.2, 0.25) is 0 Å². The molecular formula is C13H7F2N3O2. The SMILES string of the molecule is O=C(O)c1nccn2cc(-c3cccc(F)c3F)nc12. The van der Waals surface area contributed by atoms with E-state index < -0.39 is 17.6 Å². The Kier molecular flexibility index (Phi) is 2.67. The smallest absolute Gasteiger partial charge is 0.358 e. The highest BCUT2D eigenvalue weighted by atomic mass is 19.2. The number of carbonyl (C=O) groups is 1. The maximum atomic E-state index is 13.7. The van der Waals surface area contributed by atoms with Gasteiger partial charge in [-0.2, -0.15) is 0 Å². The van der Waals surface area contributed by atoms with E-state index in [1.54, 1.807) is 0 Å². The van der Waals surface area contributed by atoms with Crippen LogP contribution < -0.4 is 0 Å². The summed E-state index contributed by atoms with van der Waals surface area (Å²) in [5.74, 6) is -3.26. The number of hydrogen-bond acceptors (Lipinski definition) is 3.